The monoisotopic (exact) mass is 461 g/mol. The Morgan fingerprint density at radius 2 is 1.48 bits per heavy atom. The third-order valence-electron chi connectivity index (χ3n) is 4.66. The van der Waals surface area contributed by atoms with E-state index >= 15 is 0 Å². The van der Waals surface area contributed by atoms with E-state index in [0.717, 1.165) is 0 Å². The number of non-ortho nitro benzene ring substituents is 1. The van der Waals surface area contributed by atoms with Gasteiger partial charge in [-0.3, -0.25) is 19.7 Å². The molecule has 0 radical (unpaired) electrons. The van der Waals surface area contributed by atoms with Gasteiger partial charge in [0.2, 0.25) is 0 Å². The van der Waals surface area contributed by atoms with Gasteiger partial charge >= 0.3 is 0 Å². The number of benzene rings is 3. The molecule has 0 bridgehead atoms. The second-order valence-electron chi connectivity index (χ2n) is 6.97. The molecule has 0 aliphatic rings. The predicted molar refractivity (Wildman–Crippen MR) is 125 cm³/mol. The van der Waals surface area contributed by atoms with Gasteiger partial charge in [-0.2, -0.15) is 0 Å². The molecule has 1 heterocycles. The van der Waals surface area contributed by atoms with Gasteiger partial charge in [0, 0.05) is 39.7 Å². The number of carbonyl (C=O) groups is 2. The van der Waals surface area contributed by atoms with Crippen molar-refractivity contribution >= 4 is 40.5 Å². The molecule has 33 heavy (non-hydrogen) atoms. The molecule has 3 aromatic carbocycles. The summed E-state index contributed by atoms with van der Waals surface area (Å²) in [6.07, 6.45) is 0. The third kappa shape index (κ3) is 5.25. The van der Waals surface area contributed by atoms with Crippen LogP contribution in [0.2, 0.25) is 5.02 Å². The number of carbonyl (C=O) groups excluding carboxylic acids is 2. The highest BCUT2D eigenvalue weighted by atomic mass is 35.5. The maximum absolute atomic E-state index is 12.6. The van der Waals surface area contributed by atoms with E-state index in [1.165, 1.54) is 18.2 Å². The lowest BCUT2D eigenvalue weighted by Crippen LogP contribution is -2.13. The van der Waals surface area contributed by atoms with Gasteiger partial charge in [0.15, 0.2) is 5.76 Å². The molecule has 4 rings (SSSR count). The van der Waals surface area contributed by atoms with Crippen molar-refractivity contribution in [1.29, 1.82) is 0 Å². The van der Waals surface area contributed by atoms with Crippen molar-refractivity contribution in [2.75, 3.05) is 10.6 Å². The minimum atomic E-state index is -0.490. The maximum atomic E-state index is 12.6. The Hall–Kier alpha value is -4.43. The zero-order valence-corrected chi connectivity index (χ0v) is 17.7. The van der Waals surface area contributed by atoms with Gasteiger partial charge in [-0.1, -0.05) is 23.7 Å². The van der Waals surface area contributed by atoms with Crippen LogP contribution in [0, 0.1) is 10.1 Å². The number of nitro groups is 1. The van der Waals surface area contributed by atoms with Crippen molar-refractivity contribution in [1.82, 2.24) is 0 Å². The smallest absolute Gasteiger partial charge is 0.291 e. The summed E-state index contributed by atoms with van der Waals surface area (Å²) in [5.74, 6) is -0.351. The summed E-state index contributed by atoms with van der Waals surface area (Å²) in [4.78, 5) is 35.3. The maximum Gasteiger partial charge on any atom is 0.291 e. The van der Waals surface area contributed by atoms with Crippen LogP contribution < -0.4 is 10.6 Å². The molecule has 0 unspecified atom stereocenters. The van der Waals surface area contributed by atoms with Crippen molar-refractivity contribution in [3.8, 4) is 11.3 Å². The molecule has 1 aromatic heterocycles. The molecular formula is C24H16ClN3O5. The lowest BCUT2D eigenvalue weighted by molar-refractivity contribution is -0.384. The Bertz CT molecular complexity index is 1350. The van der Waals surface area contributed by atoms with E-state index in [-0.39, 0.29) is 17.4 Å². The van der Waals surface area contributed by atoms with E-state index in [4.69, 9.17) is 16.0 Å². The van der Waals surface area contributed by atoms with E-state index in [1.807, 2.05) is 0 Å². The molecule has 2 amide bonds. The molecular weight excluding hydrogens is 446 g/mol. The minimum Gasteiger partial charge on any atom is -0.451 e. The largest absolute Gasteiger partial charge is 0.451 e. The fourth-order valence-electron chi connectivity index (χ4n) is 3.06. The fourth-order valence-corrected chi connectivity index (χ4v) is 3.25. The second kappa shape index (κ2) is 9.37. The van der Waals surface area contributed by atoms with Gasteiger partial charge < -0.3 is 15.1 Å². The Morgan fingerprint density at radius 1 is 0.818 bits per heavy atom. The van der Waals surface area contributed by atoms with Gasteiger partial charge in [0.25, 0.3) is 17.5 Å². The molecule has 0 saturated heterocycles. The zero-order valence-electron chi connectivity index (χ0n) is 16.9. The number of nitro benzene ring substituents is 1. The van der Waals surface area contributed by atoms with Crippen LogP contribution in [0.4, 0.5) is 17.1 Å². The Kier molecular flexibility index (Phi) is 6.19. The van der Waals surface area contributed by atoms with Crippen molar-refractivity contribution in [2.45, 2.75) is 0 Å². The van der Waals surface area contributed by atoms with E-state index in [1.54, 1.807) is 66.7 Å². The zero-order chi connectivity index (χ0) is 23.4. The summed E-state index contributed by atoms with van der Waals surface area (Å²) in [6, 6.07) is 22.2. The molecule has 2 N–H and O–H groups in total. The Morgan fingerprint density at radius 3 is 2.15 bits per heavy atom. The van der Waals surface area contributed by atoms with E-state index in [9.17, 15) is 19.7 Å². The van der Waals surface area contributed by atoms with Crippen LogP contribution in [0.15, 0.2) is 89.3 Å². The van der Waals surface area contributed by atoms with Crippen LogP contribution in [-0.4, -0.2) is 16.7 Å². The normalized spacial score (nSPS) is 10.5. The first-order valence-corrected chi connectivity index (χ1v) is 10.1. The van der Waals surface area contributed by atoms with Gasteiger partial charge in [-0.05, 0) is 60.7 Å². The first-order chi connectivity index (χ1) is 15.9. The Labute approximate surface area is 193 Å². The first-order valence-electron chi connectivity index (χ1n) is 9.72. The van der Waals surface area contributed by atoms with Crippen LogP contribution in [0.25, 0.3) is 11.3 Å². The van der Waals surface area contributed by atoms with Crippen molar-refractivity contribution in [3.63, 3.8) is 0 Å². The van der Waals surface area contributed by atoms with Crippen molar-refractivity contribution in [3.05, 3.63) is 111 Å². The average Bonchev–Trinajstić information content (AvgIpc) is 3.30. The minimum absolute atomic E-state index is 0.0365. The number of hydrogen-bond acceptors (Lipinski definition) is 5. The fraction of sp³-hybridized carbons (Fsp3) is 0. The summed E-state index contributed by atoms with van der Waals surface area (Å²) < 4.78 is 5.60. The lowest BCUT2D eigenvalue weighted by atomic mass is 10.1. The average molecular weight is 462 g/mol. The van der Waals surface area contributed by atoms with Crippen LogP contribution in [0.5, 0.6) is 0 Å². The molecule has 0 saturated carbocycles. The van der Waals surface area contributed by atoms with Gasteiger partial charge in [-0.15, -0.1) is 0 Å². The summed E-state index contributed by atoms with van der Waals surface area (Å²) in [5, 5.41) is 16.7. The number of anilines is 2. The van der Waals surface area contributed by atoms with Crippen LogP contribution in [-0.2, 0) is 0 Å². The standard InChI is InChI=1S/C24H16ClN3O5/c25-17-4-1-3-16(13-17)23(29)26-18-5-2-6-19(14-18)27-24(30)22-12-11-21(33-22)15-7-9-20(10-8-15)28(31)32/h1-14H,(H,26,29)(H,27,30). The number of rotatable bonds is 6. The molecule has 8 nitrogen and oxygen atoms in total. The van der Waals surface area contributed by atoms with Gasteiger partial charge in [0.05, 0.1) is 4.92 Å². The summed E-state index contributed by atoms with van der Waals surface area (Å²) in [6.45, 7) is 0. The van der Waals surface area contributed by atoms with E-state index < -0.39 is 10.8 Å². The van der Waals surface area contributed by atoms with E-state index in [2.05, 4.69) is 10.6 Å². The van der Waals surface area contributed by atoms with Gasteiger partial charge in [0.1, 0.15) is 5.76 Å². The topological polar surface area (TPSA) is 114 Å². The van der Waals surface area contributed by atoms with Crippen LogP contribution in [0.1, 0.15) is 20.9 Å². The van der Waals surface area contributed by atoms with Crippen molar-refractivity contribution in [2.24, 2.45) is 0 Å². The number of amides is 2. The summed E-state index contributed by atoms with van der Waals surface area (Å²) >= 11 is 5.93. The summed E-state index contributed by atoms with van der Waals surface area (Å²) in [5.41, 5.74) is 1.92. The molecule has 0 fully saturated rings. The number of halogens is 1. The quantitative estimate of drug-likeness (QED) is 0.269. The third-order valence-corrected chi connectivity index (χ3v) is 4.89. The number of furan rings is 1. The highest BCUT2D eigenvalue weighted by Crippen LogP contribution is 2.25. The number of hydrogen-bond donors (Lipinski definition) is 2. The molecule has 9 heteroatoms. The lowest BCUT2D eigenvalue weighted by Gasteiger charge is -2.08. The van der Waals surface area contributed by atoms with Crippen molar-refractivity contribution < 1.29 is 18.9 Å². The van der Waals surface area contributed by atoms with Crippen LogP contribution >= 0.6 is 11.6 Å². The molecule has 4 aromatic rings. The van der Waals surface area contributed by atoms with Gasteiger partial charge in [-0.25, -0.2) is 0 Å². The molecule has 164 valence electrons. The number of nitrogens with one attached hydrogen (secondary N) is 2. The molecule has 0 atom stereocenters. The highest BCUT2D eigenvalue weighted by molar-refractivity contribution is 6.31. The Balaban J connectivity index is 1.44. The second-order valence-corrected chi connectivity index (χ2v) is 7.40. The first kappa shape index (κ1) is 21.8. The number of nitrogens with zero attached hydrogens (tertiary/aromatic N) is 1. The molecule has 0 aliphatic carbocycles. The molecule has 0 aliphatic heterocycles. The highest BCUT2D eigenvalue weighted by Gasteiger charge is 2.14. The van der Waals surface area contributed by atoms with Crippen LogP contribution in [0.3, 0.4) is 0 Å². The van der Waals surface area contributed by atoms with E-state index in [0.29, 0.717) is 33.3 Å². The predicted octanol–water partition coefficient (Wildman–Crippen LogP) is 6.01. The molecule has 0 spiro atoms. The summed E-state index contributed by atoms with van der Waals surface area (Å²) in [7, 11) is 0. The SMILES string of the molecule is O=C(Nc1cccc(NC(=O)c2ccc(-c3ccc([N+](=O)[O-])cc3)o2)c1)c1cccc(Cl)c1.